The number of fused-ring (bicyclic) bond motifs is 3. The number of para-hydroxylation sites is 3. The summed E-state index contributed by atoms with van der Waals surface area (Å²) in [4.78, 5) is 41.2. The molecule has 9 heteroatoms. The molecule has 0 aromatic heterocycles. The van der Waals surface area contributed by atoms with Crippen LogP contribution in [0.25, 0.3) is 0 Å². The number of nitrogens with one attached hydrogen (secondary N) is 2. The van der Waals surface area contributed by atoms with Crippen LogP contribution in [0.2, 0.25) is 0 Å². The molecule has 3 heterocycles. The molecule has 0 aliphatic carbocycles. The molecule has 1 saturated heterocycles. The summed E-state index contributed by atoms with van der Waals surface area (Å²) >= 11 is 3.42. The van der Waals surface area contributed by atoms with Crippen LogP contribution in [-0.2, 0) is 20.0 Å². The van der Waals surface area contributed by atoms with E-state index in [1.165, 1.54) is 5.01 Å². The summed E-state index contributed by atoms with van der Waals surface area (Å²) in [5, 5.41) is 5.63. The van der Waals surface area contributed by atoms with E-state index in [4.69, 9.17) is 14.8 Å². The van der Waals surface area contributed by atoms with Gasteiger partial charge in [-0.05, 0) is 42.5 Å². The number of nitrogens with zero attached hydrogens (tertiary/aromatic N) is 3. The molecule has 1 spiro atoms. The summed E-state index contributed by atoms with van der Waals surface area (Å²) < 4.78 is 0.900. The van der Waals surface area contributed by atoms with Crippen LogP contribution in [0, 0.1) is 0 Å². The van der Waals surface area contributed by atoms with Crippen LogP contribution in [0.1, 0.15) is 12.0 Å². The number of halogens is 1. The largest absolute Gasteiger partial charge is 0.378 e. The smallest absolute Gasteiger partial charge is 0.345 e. The average molecular weight is 502 g/mol. The lowest BCUT2D eigenvalue weighted by atomic mass is 9.86. The molecule has 0 bridgehead atoms. The molecule has 3 aromatic carbocycles. The van der Waals surface area contributed by atoms with Gasteiger partial charge in [-0.25, -0.2) is 14.8 Å². The Bertz CT molecular complexity index is 1480. The fourth-order valence-corrected chi connectivity index (χ4v) is 4.61. The van der Waals surface area contributed by atoms with Crippen LogP contribution in [0.5, 0.6) is 0 Å². The first kappa shape index (κ1) is 19.8. The molecule has 6 rings (SSSR count). The van der Waals surface area contributed by atoms with E-state index in [0.29, 0.717) is 27.8 Å². The van der Waals surface area contributed by atoms with Crippen molar-refractivity contribution in [1.29, 1.82) is 0 Å². The van der Waals surface area contributed by atoms with Crippen molar-refractivity contribution in [3.63, 3.8) is 0 Å². The SMILES string of the molecule is O=C1ONN(c2ccc(Br)cc2)/C1=C1/CC2(N=c3ccccc3=N1)C(=O)Nc1ccccc12. The van der Waals surface area contributed by atoms with Gasteiger partial charge in [-0.15, -0.1) is 0 Å². The van der Waals surface area contributed by atoms with Crippen molar-refractivity contribution >= 4 is 39.2 Å². The zero-order valence-electron chi connectivity index (χ0n) is 17.1. The third-order valence-electron chi connectivity index (χ3n) is 5.87. The van der Waals surface area contributed by atoms with Crippen molar-refractivity contribution in [2.24, 2.45) is 9.98 Å². The second kappa shape index (κ2) is 7.36. The van der Waals surface area contributed by atoms with Crippen LogP contribution in [0.4, 0.5) is 11.4 Å². The van der Waals surface area contributed by atoms with Crippen LogP contribution < -0.4 is 26.6 Å². The fraction of sp³-hybridized carbons (Fsp3) is 0.0833. The molecular weight excluding hydrogens is 486 g/mol. The minimum atomic E-state index is -1.26. The van der Waals surface area contributed by atoms with E-state index in [-0.39, 0.29) is 18.0 Å². The van der Waals surface area contributed by atoms with Gasteiger partial charge < -0.3 is 10.2 Å². The van der Waals surface area contributed by atoms with Gasteiger partial charge in [0.25, 0.3) is 5.91 Å². The number of carbonyl (C=O) groups excluding carboxylic acids is 2. The Hall–Kier alpha value is -3.82. The highest BCUT2D eigenvalue weighted by Crippen LogP contribution is 2.44. The maximum Gasteiger partial charge on any atom is 0.378 e. The Kier molecular flexibility index (Phi) is 4.42. The van der Waals surface area contributed by atoms with Gasteiger partial charge in [0.15, 0.2) is 11.2 Å². The van der Waals surface area contributed by atoms with Crippen molar-refractivity contribution in [3.05, 3.63) is 105 Å². The minimum Gasteiger partial charge on any atom is -0.345 e. The minimum absolute atomic E-state index is 0.0870. The summed E-state index contributed by atoms with van der Waals surface area (Å²) in [5.74, 6) is -0.846. The summed E-state index contributed by atoms with van der Waals surface area (Å²) in [7, 11) is 0. The van der Waals surface area contributed by atoms with Gasteiger partial charge in [-0.3, -0.25) is 9.79 Å². The van der Waals surface area contributed by atoms with Crippen molar-refractivity contribution < 1.29 is 14.4 Å². The highest BCUT2D eigenvalue weighted by molar-refractivity contribution is 9.10. The number of carbonyl (C=O) groups is 2. The van der Waals surface area contributed by atoms with E-state index in [2.05, 4.69) is 26.8 Å². The molecule has 3 aliphatic heterocycles. The number of hydrazine groups is 1. The second-order valence-corrected chi connectivity index (χ2v) is 8.75. The standard InChI is InChI=1S/C24H16BrN5O3/c25-14-9-11-15(12-10-14)30-21(22(31)33-29-30)20-13-24(28-19-8-4-3-7-18(19)26-20)16-5-1-2-6-17(16)27-23(24)32/h1-12,29H,13H2,(H,27,32)/b21-20-. The summed E-state index contributed by atoms with van der Waals surface area (Å²) in [6.45, 7) is 0. The fourth-order valence-electron chi connectivity index (χ4n) is 4.34. The number of amides is 1. The number of hydrogen-bond acceptors (Lipinski definition) is 7. The predicted molar refractivity (Wildman–Crippen MR) is 123 cm³/mol. The monoisotopic (exact) mass is 501 g/mol. The Labute approximate surface area is 196 Å². The Morgan fingerprint density at radius 2 is 1.67 bits per heavy atom. The van der Waals surface area contributed by atoms with E-state index in [1.807, 2.05) is 72.8 Å². The van der Waals surface area contributed by atoms with E-state index in [0.717, 1.165) is 10.0 Å². The van der Waals surface area contributed by atoms with Gasteiger partial charge >= 0.3 is 5.97 Å². The molecule has 1 fully saturated rings. The normalized spacial score (nSPS) is 23.2. The number of hydrogen-bond donors (Lipinski definition) is 2. The van der Waals surface area contributed by atoms with Crippen molar-refractivity contribution in [2.75, 3.05) is 10.3 Å². The summed E-state index contributed by atoms with van der Waals surface area (Å²) in [6.07, 6.45) is 0.0870. The van der Waals surface area contributed by atoms with Gasteiger partial charge in [-0.2, -0.15) is 0 Å². The van der Waals surface area contributed by atoms with Crippen molar-refractivity contribution in [2.45, 2.75) is 12.0 Å². The second-order valence-electron chi connectivity index (χ2n) is 7.84. The zero-order valence-corrected chi connectivity index (χ0v) is 18.7. The van der Waals surface area contributed by atoms with Gasteiger partial charge in [0.2, 0.25) is 0 Å². The predicted octanol–water partition coefficient (Wildman–Crippen LogP) is 2.63. The van der Waals surface area contributed by atoms with Crippen LogP contribution in [0.15, 0.2) is 98.6 Å². The van der Waals surface area contributed by atoms with Crippen molar-refractivity contribution in [1.82, 2.24) is 5.59 Å². The van der Waals surface area contributed by atoms with E-state index < -0.39 is 11.5 Å². The molecule has 0 radical (unpaired) electrons. The van der Waals surface area contributed by atoms with Gasteiger partial charge in [0.05, 0.1) is 22.1 Å². The average Bonchev–Trinajstić information content (AvgIpc) is 3.25. The molecule has 162 valence electrons. The Morgan fingerprint density at radius 1 is 0.939 bits per heavy atom. The lowest BCUT2D eigenvalue weighted by Crippen LogP contribution is -2.36. The zero-order chi connectivity index (χ0) is 22.6. The molecule has 1 atom stereocenters. The van der Waals surface area contributed by atoms with Gasteiger partial charge in [0.1, 0.15) is 0 Å². The van der Waals surface area contributed by atoms with Crippen LogP contribution in [-0.4, -0.2) is 11.9 Å². The third-order valence-corrected chi connectivity index (χ3v) is 6.40. The molecule has 2 N–H and O–H groups in total. The highest BCUT2D eigenvalue weighted by Gasteiger charge is 2.49. The molecule has 3 aliphatic rings. The maximum absolute atomic E-state index is 13.4. The van der Waals surface area contributed by atoms with Gasteiger partial charge in [-0.1, -0.05) is 51.9 Å². The third kappa shape index (κ3) is 3.08. The summed E-state index contributed by atoms with van der Waals surface area (Å²) in [5.41, 5.74) is 4.14. The first-order chi connectivity index (χ1) is 16.0. The number of anilines is 2. The molecule has 0 saturated carbocycles. The molecule has 33 heavy (non-hydrogen) atoms. The Balaban J connectivity index is 1.63. The topological polar surface area (TPSA) is 95.4 Å². The number of benzene rings is 3. The van der Waals surface area contributed by atoms with Crippen LogP contribution in [0.3, 0.4) is 0 Å². The van der Waals surface area contributed by atoms with E-state index >= 15 is 0 Å². The van der Waals surface area contributed by atoms with Crippen molar-refractivity contribution in [3.8, 4) is 0 Å². The molecule has 3 aromatic rings. The quantitative estimate of drug-likeness (QED) is 0.499. The Morgan fingerprint density at radius 3 is 2.48 bits per heavy atom. The maximum atomic E-state index is 13.4. The number of rotatable bonds is 1. The van der Waals surface area contributed by atoms with Gasteiger partial charge in [0, 0.05) is 22.1 Å². The lowest BCUT2D eigenvalue weighted by molar-refractivity contribution is -0.140. The molecule has 1 amide bonds. The molecule has 1 unspecified atom stereocenters. The first-order valence-corrected chi connectivity index (χ1v) is 11.0. The van der Waals surface area contributed by atoms with E-state index in [1.54, 1.807) is 0 Å². The van der Waals surface area contributed by atoms with E-state index in [9.17, 15) is 9.59 Å². The first-order valence-electron chi connectivity index (χ1n) is 10.3. The molecule has 8 nitrogen and oxygen atoms in total. The lowest BCUT2D eigenvalue weighted by Gasteiger charge is -2.24. The highest BCUT2D eigenvalue weighted by atomic mass is 79.9. The molecular formula is C24H16BrN5O3. The van der Waals surface area contributed by atoms with Crippen LogP contribution >= 0.6 is 15.9 Å². The summed E-state index contributed by atoms with van der Waals surface area (Å²) in [6, 6.07) is 22.2.